The predicted molar refractivity (Wildman–Crippen MR) is 119 cm³/mol. The van der Waals surface area contributed by atoms with Crippen molar-refractivity contribution in [2.75, 3.05) is 47.0 Å². The molecule has 0 N–H and O–H groups in total. The normalized spacial score (nSPS) is 19.2. The minimum atomic E-state index is -0.127. The molecule has 2 aromatic rings. The second kappa shape index (κ2) is 9.38. The van der Waals surface area contributed by atoms with Crippen molar-refractivity contribution in [2.45, 2.75) is 38.5 Å². The number of methoxy groups -OCH3 is 2. The second-order valence-corrected chi connectivity index (χ2v) is 8.68. The number of hydrogen-bond acceptors (Lipinski definition) is 5. The van der Waals surface area contributed by atoms with Gasteiger partial charge in [-0.2, -0.15) is 0 Å². The number of likely N-dealkylation sites (tertiary alicyclic amines) is 1. The van der Waals surface area contributed by atoms with Crippen LogP contribution in [-0.4, -0.2) is 62.4 Å². The molecule has 0 amide bonds. The van der Waals surface area contributed by atoms with E-state index in [1.807, 2.05) is 0 Å². The Labute approximate surface area is 180 Å². The van der Waals surface area contributed by atoms with Crippen LogP contribution >= 0.6 is 0 Å². The standard InChI is InChI=1S/C25H34N2O3/c1-20-16-21(8-9-23(20)29-3)17-27-18-22-6-4-5-7-24(22)30-25(19-27)10-12-26(13-11-25)14-15-28-2/h4-9,16H,10-15,17-19H2,1-3H3. The van der Waals surface area contributed by atoms with Gasteiger partial charge in [0.15, 0.2) is 0 Å². The predicted octanol–water partition coefficient (Wildman–Crippen LogP) is 3.88. The number of benzene rings is 2. The van der Waals surface area contributed by atoms with Gasteiger partial charge in [0.25, 0.3) is 0 Å². The summed E-state index contributed by atoms with van der Waals surface area (Å²) in [5.41, 5.74) is 3.65. The molecule has 2 heterocycles. The maximum absolute atomic E-state index is 6.75. The summed E-state index contributed by atoms with van der Waals surface area (Å²) in [7, 11) is 3.50. The molecule has 30 heavy (non-hydrogen) atoms. The Balaban J connectivity index is 1.53. The van der Waals surface area contributed by atoms with E-state index in [2.05, 4.69) is 59.2 Å². The van der Waals surface area contributed by atoms with Crippen LogP contribution in [0.2, 0.25) is 0 Å². The topological polar surface area (TPSA) is 34.2 Å². The van der Waals surface area contributed by atoms with Gasteiger partial charge in [0.1, 0.15) is 17.1 Å². The SMILES string of the molecule is COCCN1CCC2(CC1)CN(Cc1ccc(OC)c(C)c1)Cc1ccccc1O2. The summed E-state index contributed by atoms with van der Waals surface area (Å²) in [5.74, 6) is 2.00. The van der Waals surface area contributed by atoms with Crippen molar-refractivity contribution in [3.63, 3.8) is 0 Å². The van der Waals surface area contributed by atoms with Crippen molar-refractivity contribution >= 4 is 0 Å². The van der Waals surface area contributed by atoms with Crippen LogP contribution in [0.4, 0.5) is 0 Å². The Morgan fingerprint density at radius 3 is 2.57 bits per heavy atom. The summed E-state index contributed by atoms with van der Waals surface area (Å²) in [6.07, 6.45) is 2.09. The molecule has 162 valence electrons. The molecule has 5 nitrogen and oxygen atoms in total. The molecule has 2 aliphatic heterocycles. The summed E-state index contributed by atoms with van der Waals surface area (Å²) >= 11 is 0. The molecule has 0 saturated carbocycles. The molecule has 0 unspecified atom stereocenters. The molecule has 4 rings (SSSR count). The van der Waals surface area contributed by atoms with E-state index < -0.39 is 0 Å². The van der Waals surface area contributed by atoms with Crippen LogP contribution in [0.3, 0.4) is 0 Å². The molecular weight excluding hydrogens is 376 g/mol. The third kappa shape index (κ3) is 4.80. The van der Waals surface area contributed by atoms with Crippen LogP contribution in [0.25, 0.3) is 0 Å². The lowest BCUT2D eigenvalue weighted by Gasteiger charge is -2.43. The number of hydrogen-bond donors (Lipinski definition) is 0. The van der Waals surface area contributed by atoms with Gasteiger partial charge < -0.3 is 19.1 Å². The van der Waals surface area contributed by atoms with Gasteiger partial charge in [0.05, 0.1) is 13.7 Å². The van der Waals surface area contributed by atoms with E-state index >= 15 is 0 Å². The van der Waals surface area contributed by atoms with Crippen LogP contribution in [0, 0.1) is 6.92 Å². The Morgan fingerprint density at radius 1 is 1.03 bits per heavy atom. The number of piperidine rings is 1. The molecule has 1 saturated heterocycles. The zero-order valence-corrected chi connectivity index (χ0v) is 18.5. The minimum Gasteiger partial charge on any atom is -0.496 e. The monoisotopic (exact) mass is 410 g/mol. The highest BCUT2D eigenvalue weighted by molar-refractivity contribution is 5.37. The van der Waals surface area contributed by atoms with Crippen molar-refractivity contribution < 1.29 is 14.2 Å². The fourth-order valence-corrected chi connectivity index (χ4v) is 4.78. The number of fused-ring (bicyclic) bond motifs is 1. The largest absolute Gasteiger partial charge is 0.496 e. The highest BCUT2D eigenvalue weighted by Gasteiger charge is 2.40. The second-order valence-electron chi connectivity index (χ2n) is 8.68. The van der Waals surface area contributed by atoms with Gasteiger partial charge >= 0.3 is 0 Å². The highest BCUT2D eigenvalue weighted by atomic mass is 16.5. The molecule has 1 spiro atoms. The van der Waals surface area contributed by atoms with Crippen molar-refractivity contribution in [2.24, 2.45) is 0 Å². The third-order valence-electron chi connectivity index (χ3n) is 6.45. The van der Waals surface area contributed by atoms with E-state index in [-0.39, 0.29) is 5.60 Å². The lowest BCUT2D eigenvalue weighted by molar-refractivity contribution is -0.0233. The lowest BCUT2D eigenvalue weighted by atomic mass is 9.90. The van der Waals surface area contributed by atoms with Gasteiger partial charge in [0, 0.05) is 64.8 Å². The summed E-state index contributed by atoms with van der Waals surface area (Å²) in [6, 6.07) is 15.0. The summed E-state index contributed by atoms with van der Waals surface area (Å²) in [5, 5.41) is 0. The first-order valence-electron chi connectivity index (χ1n) is 10.9. The third-order valence-corrected chi connectivity index (χ3v) is 6.45. The molecule has 0 bridgehead atoms. The molecular formula is C25H34N2O3. The van der Waals surface area contributed by atoms with Gasteiger partial charge in [-0.1, -0.05) is 30.3 Å². The Bertz CT molecular complexity index is 846. The van der Waals surface area contributed by atoms with E-state index in [0.717, 1.165) is 70.2 Å². The summed E-state index contributed by atoms with van der Waals surface area (Å²) in [4.78, 5) is 5.05. The van der Waals surface area contributed by atoms with E-state index in [1.54, 1.807) is 14.2 Å². The van der Waals surface area contributed by atoms with Crippen molar-refractivity contribution in [1.29, 1.82) is 0 Å². The minimum absolute atomic E-state index is 0.127. The zero-order valence-electron chi connectivity index (χ0n) is 18.5. The lowest BCUT2D eigenvalue weighted by Crippen LogP contribution is -2.53. The number of nitrogens with zero attached hydrogens (tertiary/aromatic N) is 2. The molecule has 0 atom stereocenters. The first kappa shape index (κ1) is 21.2. The molecule has 2 aromatic carbocycles. The highest BCUT2D eigenvalue weighted by Crippen LogP contribution is 2.36. The fourth-order valence-electron chi connectivity index (χ4n) is 4.78. The average molecular weight is 411 g/mol. The zero-order chi connectivity index (χ0) is 21.0. The number of para-hydroxylation sites is 1. The van der Waals surface area contributed by atoms with E-state index in [9.17, 15) is 0 Å². The molecule has 2 aliphatic rings. The van der Waals surface area contributed by atoms with Gasteiger partial charge in [-0.25, -0.2) is 0 Å². The van der Waals surface area contributed by atoms with Crippen LogP contribution in [0.5, 0.6) is 11.5 Å². The molecule has 0 aliphatic carbocycles. The smallest absolute Gasteiger partial charge is 0.124 e. The van der Waals surface area contributed by atoms with Crippen molar-refractivity contribution in [3.05, 3.63) is 59.2 Å². The average Bonchev–Trinajstić information content (AvgIpc) is 2.89. The van der Waals surface area contributed by atoms with E-state index in [0.29, 0.717) is 0 Å². The van der Waals surface area contributed by atoms with E-state index in [4.69, 9.17) is 14.2 Å². The number of rotatable bonds is 6. The number of aryl methyl sites for hydroxylation is 1. The van der Waals surface area contributed by atoms with Crippen LogP contribution in [0.1, 0.15) is 29.5 Å². The maximum atomic E-state index is 6.75. The Morgan fingerprint density at radius 2 is 1.83 bits per heavy atom. The van der Waals surface area contributed by atoms with Crippen LogP contribution in [0.15, 0.2) is 42.5 Å². The van der Waals surface area contributed by atoms with Gasteiger partial charge in [-0.05, 0) is 30.2 Å². The Hall–Kier alpha value is -2.08. The van der Waals surface area contributed by atoms with Crippen LogP contribution < -0.4 is 9.47 Å². The van der Waals surface area contributed by atoms with Gasteiger partial charge in [-0.3, -0.25) is 4.90 Å². The fraction of sp³-hybridized carbons (Fsp3) is 0.520. The number of ether oxygens (including phenoxy) is 3. The van der Waals surface area contributed by atoms with Gasteiger partial charge in [-0.15, -0.1) is 0 Å². The van der Waals surface area contributed by atoms with E-state index in [1.165, 1.54) is 16.7 Å². The van der Waals surface area contributed by atoms with Crippen molar-refractivity contribution in [1.82, 2.24) is 9.80 Å². The summed E-state index contributed by atoms with van der Waals surface area (Å²) < 4.78 is 17.5. The first-order valence-corrected chi connectivity index (χ1v) is 10.9. The quantitative estimate of drug-likeness (QED) is 0.722. The van der Waals surface area contributed by atoms with Gasteiger partial charge in [0.2, 0.25) is 0 Å². The maximum Gasteiger partial charge on any atom is 0.124 e. The molecule has 0 radical (unpaired) electrons. The Kier molecular flexibility index (Phi) is 6.61. The van der Waals surface area contributed by atoms with Crippen LogP contribution in [-0.2, 0) is 17.8 Å². The molecule has 5 heteroatoms. The van der Waals surface area contributed by atoms with Crippen molar-refractivity contribution in [3.8, 4) is 11.5 Å². The molecule has 1 fully saturated rings. The molecule has 0 aromatic heterocycles. The summed E-state index contributed by atoms with van der Waals surface area (Å²) in [6.45, 7) is 8.79. The first-order chi connectivity index (χ1) is 14.6.